The summed E-state index contributed by atoms with van der Waals surface area (Å²) in [6.45, 7) is 3.92. The topological polar surface area (TPSA) is 46.9 Å². The van der Waals surface area contributed by atoms with Crippen molar-refractivity contribution in [2.45, 2.75) is 45.2 Å². The molecule has 0 atom stereocenters. The fraction of sp³-hybridized carbons (Fsp3) is 0.412. The van der Waals surface area contributed by atoms with Crippen molar-refractivity contribution in [1.82, 2.24) is 15.1 Å². The lowest BCUT2D eigenvalue weighted by molar-refractivity contribution is -0.123. The number of aromatic nitrogens is 2. The lowest BCUT2D eigenvalue weighted by Crippen LogP contribution is -2.44. The second kappa shape index (κ2) is 6.54. The third-order valence-electron chi connectivity index (χ3n) is 4.43. The summed E-state index contributed by atoms with van der Waals surface area (Å²) in [6, 6.07) is 8.17. The molecule has 3 rings (SSSR count). The van der Waals surface area contributed by atoms with Gasteiger partial charge in [0.1, 0.15) is 6.54 Å². The quantitative estimate of drug-likeness (QED) is 0.908. The number of aryl methyl sites for hydroxylation is 1. The highest BCUT2D eigenvalue weighted by Crippen LogP contribution is 2.37. The molecule has 1 aliphatic carbocycles. The van der Waals surface area contributed by atoms with Gasteiger partial charge in [-0.05, 0) is 50.3 Å². The van der Waals surface area contributed by atoms with E-state index in [1.165, 1.54) is 5.56 Å². The molecule has 0 bridgehead atoms. The number of benzene rings is 1. The van der Waals surface area contributed by atoms with Crippen LogP contribution in [0, 0.1) is 13.8 Å². The van der Waals surface area contributed by atoms with E-state index < -0.39 is 0 Å². The number of nitrogens with zero attached hydrogens (tertiary/aromatic N) is 2. The number of carbonyl (C=O) groups is 1. The van der Waals surface area contributed by atoms with Crippen molar-refractivity contribution in [1.29, 1.82) is 0 Å². The van der Waals surface area contributed by atoms with E-state index in [4.69, 9.17) is 23.2 Å². The molecule has 1 heterocycles. The fourth-order valence-electron chi connectivity index (χ4n) is 2.98. The lowest BCUT2D eigenvalue weighted by Gasteiger charge is -2.36. The number of halogens is 2. The fourth-order valence-corrected chi connectivity index (χ4v) is 3.24. The van der Waals surface area contributed by atoms with Gasteiger partial charge in [-0.15, -0.1) is 0 Å². The molecule has 0 aliphatic heterocycles. The minimum Gasteiger partial charge on any atom is -0.352 e. The van der Waals surface area contributed by atoms with Gasteiger partial charge < -0.3 is 5.32 Å². The molecule has 1 N–H and O–H groups in total. The van der Waals surface area contributed by atoms with E-state index in [1.54, 1.807) is 4.68 Å². The maximum absolute atomic E-state index is 12.1. The van der Waals surface area contributed by atoms with E-state index in [0.29, 0.717) is 10.9 Å². The number of amides is 1. The van der Waals surface area contributed by atoms with Gasteiger partial charge in [-0.25, -0.2) is 0 Å². The Kier molecular flexibility index (Phi) is 4.64. The first kappa shape index (κ1) is 16.3. The van der Waals surface area contributed by atoms with Crippen LogP contribution in [0.25, 0.3) is 0 Å². The molecule has 6 heteroatoms. The van der Waals surface area contributed by atoms with Gasteiger partial charge in [0.05, 0.1) is 16.4 Å². The normalized spacial score (nSPS) is 20.2. The van der Waals surface area contributed by atoms with Crippen molar-refractivity contribution in [2.75, 3.05) is 0 Å². The number of rotatable bonds is 4. The Morgan fingerprint density at radius 2 is 1.91 bits per heavy atom. The molecule has 1 aromatic carbocycles. The summed E-state index contributed by atoms with van der Waals surface area (Å²) in [7, 11) is 0. The second-order valence-electron chi connectivity index (χ2n) is 6.13. The molecule has 0 saturated heterocycles. The zero-order chi connectivity index (χ0) is 16.6. The molecule has 4 nitrogen and oxygen atoms in total. The summed E-state index contributed by atoms with van der Waals surface area (Å²) in [4.78, 5) is 12.1. The van der Waals surface area contributed by atoms with Crippen molar-refractivity contribution in [3.63, 3.8) is 0 Å². The SMILES string of the molecule is Cc1nn(CC(=O)NC2CC(c3ccc(Cl)cc3)C2)c(C)c1Cl. The Morgan fingerprint density at radius 3 is 2.48 bits per heavy atom. The number of nitrogens with one attached hydrogen (secondary N) is 1. The van der Waals surface area contributed by atoms with Crippen LogP contribution in [-0.4, -0.2) is 21.7 Å². The molecule has 1 saturated carbocycles. The minimum absolute atomic E-state index is 0.0215. The Hall–Kier alpha value is -1.52. The predicted molar refractivity (Wildman–Crippen MR) is 92.1 cm³/mol. The smallest absolute Gasteiger partial charge is 0.241 e. The first-order valence-corrected chi connectivity index (χ1v) is 8.44. The summed E-state index contributed by atoms with van der Waals surface area (Å²) < 4.78 is 1.66. The maximum atomic E-state index is 12.1. The van der Waals surface area contributed by atoms with Crippen LogP contribution >= 0.6 is 23.2 Å². The van der Waals surface area contributed by atoms with Crippen molar-refractivity contribution in [3.8, 4) is 0 Å². The Morgan fingerprint density at radius 1 is 1.26 bits per heavy atom. The van der Waals surface area contributed by atoms with E-state index >= 15 is 0 Å². The molecule has 1 aromatic heterocycles. The van der Waals surface area contributed by atoms with Crippen LogP contribution in [0.3, 0.4) is 0 Å². The predicted octanol–water partition coefficient (Wildman–Crippen LogP) is 3.87. The third kappa shape index (κ3) is 3.54. The van der Waals surface area contributed by atoms with Gasteiger partial charge in [-0.2, -0.15) is 5.10 Å². The molecular formula is C17H19Cl2N3O. The average Bonchev–Trinajstić information content (AvgIpc) is 2.71. The van der Waals surface area contributed by atoms with E-state index in [-0.39, 0.29) is 18.5 Å². The summed E-state index contributed by atoms with van der Waals surface area (Å²) >= 11 is 12.0. The Bertz CT molecular complexity index is 718. The van der Waals surface area contributed by atoms with Gasteiger partial charge in [0.25, 0.3) is 0 Å². The summed E-state index contributed by atoms with van der Waals surface area (Å²) in [6.07, 6.45) is 1.93. The van der Waals surface area contributed by atoms with Crippen LogP contribution in [-0.2, 0) is 11.3 Å². The van der Waals surface area contributed by atoms with Crippen LogP contribution < -0.4 is 5.32 Å². The van der Waals surface area contributed by atoms with E-state index in [0.717, 1.165) is 29.3 Å². The van der Waals surface area contributed by atoms with Crippen LogP contribution in [0.1, 0.15) is 35.7 Å². The first-order chi connectivity index (χ1) is 10.9. The molecule has 0 spiro atoms. The van der Waals surface area contributed by atoms with Crippen LogP contribution in [0.15, 0.2) is 24.3 Å². The lowest BCUT2D eigenvalue weighted by atomic mass is 9.76. The van der Waals surface area contributed by atoms with Crippen molar-refractivity contribution < 1.29 is 4.79 Å². The first-order valence-electron chi connectivity index (χ1n) is 7.68. The maximum Gasteiger partial charge on any atom is 0.241 e. The van der Waals surface area contributed by atoms with Crippen LogP contribution in [0.2, 0.25) is 10.0 Å². The largest absolute Gasteiger partial charge is 0.352 e. The van der Waals surface area contributed by atoms with Crippen molar-refractivity contribution in [3.05, 3.63) is 51.3 Å². The average molecular weight is 352 g/mol. The van der Waals surface area contributed by atoms with Crippen molar-refractivity contribution in [2.24, 2.45) is 0 Å². The minimum atomic E-state index is -0.0215. The second-order valence-corrected chi connectivity index (χ2v) is 6.94. The highest BCUT2D eigenvalue weighted by Gasteiger charge is 2.31. The summed E-state index contributed by atoms with van der Waals surface area (Å²) in [5, 5.41) is 8.73. The van der Waals surface area contributed by atoms with Gasteiger partial charge in [0.2, 0.25) is 5.91 Å². The molecule has 1 amide bonds. The number of hydrogen-bond acceptors (Lipinski definition) is 2. The monoisotopic (exact) mass is 351 g/mol. The van der Waals surface area contributed by atoms with E-state index in [1.807, 2.05) is 26.0 Å². The van der Waals surface area contributed by atoms with Gasteiger partial charge in [-0.1, -0.05) is 35.3 Å². The molecule has 1 fully saturated rings. The molecular weight excluding hydrogens is 333 g/mol. The highest BCUT2D eigenvalue weighted by atomic mass is 35.5. The van der Waals surface area contributed by atoms with Gasteiger partial charge in [-0.3, -0.25) is 9.48 Å². The zero-order valence-electron chi connectivity index (χ0n) is 13.1. The molecule has 0 unspecified atom stereocenters. The van der Waals surface area contributed by atoms with E-state index in [9.17, 15) is 4.79 Å². The molecule has 0 radical (unpaired) electrons. The molecule has 23 heavy (non-hydrogen) atoms. The summed E-state index contributed by atoms with van der Waals surface area (Å²) in [5.41, 5.74) is 2.86. The van der Waals surface area contributed by atoms with Gasteiger partial charge in [0, 0.05) is 11.1 Å². The van der Waals surface area contributed by atoms with Crippen molar-refractivity contribution >= 4 is 29.1 Å². The van der Waals surface area contributed by atoms with Crippen LogP contribution in [0.4, 0.5) is 0 Å². The number of hydrogen-bond donors (Lipinski definition) is 1. The van der Waals surface area contributed by atoms with Gasteiger partial charge >= 0.3 is 0 Å². The third-order valence-corrected chi connectivity index (χ3v) is 5.23. The molecule has 2 aromatic rings. The molecule has 122 valence electrons. The summed E-state index contributed by atoms with van der Waals surface area (Å²) in [5.74, 6) is 0.479. The highest BCUT2D eigenvalue weighted by molar-refractivity contribution is 6.31. The Balaban J connectivity index is 1.50. The number of carbonyl (C=O) groups excluding carboxylic acids is 1. The van der Waals surface area contributed by atoms with Crippen LogP contribution in [0.5, 0.6) is 0 Å². The zero-order valence-corrected chi connectivity index (χ0v) is 14.7. The van der Waals surface area contributed by atoms with E-state index in [2.05, 4.69) is 22.5 Å². The Labute approximate surface area is 145 Å². The standard InChI is InChI=1S/C17H19Cl2N3O/c1-10-17(19)11(2)22(21-10)9-16(23)20-15-7-13(8-15)12-3-5-14(18)6-4-12/h3-6,13,15H,7-9H2,1-2H3,(H,20,23). The molecule has 1 aliphatic rings. The van der Waals surface area contributed by atoms with Gasteiger partial charge in [0.15, 0.2) is 0 Å².